The predicted molar refractivity (Wildman–Crippen MR) is 79.1 cm³/mol. The van der Waals surface area contributed by atoms with Gasteiger partial charge in [-0.25, -0.2) is 5.43 Å². The van der Waals surface area contributed by atoms with E-state index in [-0.39, 0.29) is 5.91 Å². The Labute approximate surface area is 118 Å². The number of nitrogens with zero attached hydrogens (tertiary/aromatic N) is 1. The van der Waals surface area contributed by atoms with Gasteiger partial charge in [-0.3, -0.25) is 4.79 Å². The largest absolute Gasteiger partial charge is 0.466 e. The number of hydrogen-bond acceptors (Lipinski definition) is 3. The van der Waals surface area contributed by atoms with Crippen LogP contribution in [0.4, 0.5) is 0 Å². The lowest BCUT2D eigenvalue weighted by Gasteiger charge is -1.98. The molecule has 0 bridgehead atoms. The number of benzene rings is 1. The Balaban J connectivity index is 1.98. The average Bonchev–Trinajstić information content (AvgIpc) is 2.78. The molecular formula is C16H18N2O2. The minimum Gasteiger partial charge on any atom is -0.466 e. The fraction of sp³-hybridized carbons (Fsp3) is 0.250. The molecule has 0 aliphatic carbocycles. The quantitative estimate of drug-likeness (QED) is 0.685. The van der Waals surface area contributed by atoms with Gasteiger partial charge in [-0.05, 0) is 37.5 Å². The fourth-order valence-corrected chi connectivity index (χ4v) is 1.92. The van der Waals surface area contributed by atoms with Crippen molar-refractivity contribution in [3.8, 4) is 0 Å². The first-order valence-electron chi connectivity index (χ1n) is 6.59. The van der Waals surface area contributed by atoms with E-state index in [0.717, 1.165) is 12.0 Å². The molecule has 1 heterocycles. The lowest BCUT2D eigenvalue weighted by molar-refractivity contribution is 0.0953. The molecule has 2 rings (SSSR count). The molecule has 20 heavy (non-hydrogen) atoms. The minimum atomic E-state index is -0.263. The van der Waals surface area contributed by atoms with Gasteiger partial charge < -0.3 is 4.42 Å². The summed E-state index contributed by atoms with van der Waals surface area (Å²) in [5, 5.41) is 3.96. The van der Waals surface area contributed by atoms with Gasteiger partial charge in [0, 0.05) is 0 Å². The third-order valence-corrected chi connectivity index (χ3v) is 3.05. The average molecular weight is 270 g/mol. The molecule has 4 heteroatoms. The van der Waals surface area contributed by atoms with E-state index in [9.17, 15) is 4.79 Å². The van der Waals surface area contributed by atoms with E-state index in [1.807, 2.05) is 31.2 Å². The van der Waals surface area contributed by atoms with E-state index in [0.29, 0.717) is 17.1 Å². The summed E-state index contributed by atoms with van der Waals surface area (Å²) < 4.78 is 5.31. The zero-order valence-corrected chi connectivity index (χ0v) is 11.9. The molecule has 1 aromatic carbocycles. The molecule has 0 aliphatic heterocycles. The second kappa shape index (κ2) is 6.19. The Hall–Kier alpha value is -2.36. The summed E-state index contributed by atoms with van der Waals surface area (Å²) in [7, 11) is 0. The minimum absolute atomic E-state index is 0.263. The van der Waals surface area contributed by atoms with Gasteiger partial charge >= 0.3 is 0 Å². The molecule has 4 nitrogen and oxygen atoms in total. The van der Waals surface area contributed by atoms with Crippen molar-refractivity contribution in [2.75, 3.05) is 0 Å². The zero-order valence-electron chi connectivity index (χ0n) is 11.9. The van der Waals surface area contributed by atoms with Gasteiger partial charge in [-0.15, -0.1) is 0 Å². The first-order chi connectivity index (χ1) is 9.60. The van der Waals surface area contributed by atoms with Gasteiger partial charge in [-0.2, -0.15) is 5.10 Å². The van der Waals surface area contributed by atoms with Crippen molar-refractivity contribution >= 4 is 12.1 Å². The predicted octanol–water partition coefficient (Wildman–Crippen LogP) is 3.22. The molecular weight excluding hydrogens is 252 g/mol. The number of nitrogens with one attached hydrogen (secondary N) is 1. The molecule has 104 valence electrons. The van der Waals surface area contributed by atoms with Crippen molar-refractivity contribution < 1.29 is 9.21 Å². The second-order valence-corrected chi connectivity index (χ2v) is 4.62. The monoisotopic (exact) mass is 270 g/mol. The van der Waals surface area contributed by atoms with E-state index in [2.05, 4.69) is 17.5 Å². The highest BCUT2D eigenvalue weighted by Crippen LogP contribution is 2.13. The summed E-state index contributed by atoms with van der Waals surface area (Å²) in [6.45, 7) is 5.68. The number of carbonyl (C=O) groups excluding carboxylic acids is 1. The first-order valence-corrected chi connectivity index (χ1v) is 6.59. The SMILES string of the molecule is CCc1ccc(/C=N\NC(=O)c2cc(C)oc2C)cc1. The van der Waals surface area contributed by atoms with E-state index in [1.54, 1.807) is 19.2 Å². The fourth-order valence-electron chi connectivity index (χ4n) is 1.92. The van der Waals surface area contributed by atoms with Crippen molar-refractivity contribution in [1.82, 2.24) is 5.43 Å². The molecule has 0 fully saturated rings. The van der Waals surface area contributed by atoms with E-state index >= 15 is 0 Å². The molecule has 0 saturated carbocycles. The molecule has 0 spiro atoms. The third kappa shape index (κ3) is 3.35. The van der Waals surface area contributed by atoms with Gasteiger partial charge in [0.15, 0.2) is 0 Å². The van der Waals surface area contributed by atoms with Crippen LogP contribution in [0.5, 0.6) is 0 Å². The van der Waals surface area contributed by atoms with Crippen molar-refractivity contribution in [1.29, 1.82) is 0 Å². The van der Waals surface area contributed by atoms with Gasteiger partial charge in [0.05, 0.1) is 11.8 Å². The van der Waals surface area contributed by atoms with Crippen molar-refractivity contribution in [2.45, 2.75) is 27.2 Å². The van der Waals surface area contributed by atoms with Crippen molar-refractivity contribution in [2.24, 2.45) is 5.10 Å². The summed E-state index contributed by atoms with van der Waals surface area (Å²) in [6, 6.07) is 9.75. The van der Waals surface area contributed by atoms with Crippen LogP contribution in [0, 0.1) is 13.8 Å². The Morgan fingerprint density at radius 1 is 1.30 bits per heavy atom. The first kappa shape index (κ1) is 14.1. The maximum absolute atomic E-state index is 11.9. The van der Waals surface area contributed by atoms with Crippen LogP contribution >= 0.6 is 0 Å². The van der Waals surface area contributed by atoms with Crippen LogP contribution in [0.25, 0.3) is 0 Å². The Bertz CT molecular complexity index is 624. The van der Waals surface area contributed by atoms with Gasteiger partial charge in [-0.1, -0.05) is 31.2 Å². The van der Waals surface area contributed by atoms with Crippen molar-refractivity contribution in [3.63, 3.8) is 0 Å². The topological polar surface area (TPSA) is 54.6 Å². The summed E-state index contributed by atoms with van der Waals surface area (Å²) in [5.74, 6) is 1.05. The molecule has 2 aromatic rings. The summed E-state index contributed by atoms with van der Waals surface area (Å²) in [6.07, 6.45) is 2.63. The third-order valence-electron chi connectivity index (χ3n) is 3.05. The Morgan fingerprint density at radius 2 is 2.00 bits per heavy atom. The molecule has 0 unspecified atom stereocenters. The highest BCUT2D eigenvalue weighted by Gasteiger charge is 2.12. The number of hydrogen-bond donors (Lipinski definition) is 1. The lowest BCUT2D eigenvalue weighted by atomic mass is 10.1. The van der Waals surface area contributed by atoms with Crippen LogP contribution in [0.2, 0.25) is 0 Å². The highest BCUT2D eigenvalue weighted by molar-refractivity contribution is 5.95. The van der Waals surface area contributed by atoms with Crippen LogP contribution in [-0.2, 0) is 6.42 Å². The zero-order chi connectivity index (χ0) is 14.5. The van der Waals surface area contributed by atoms with Crippen LogP contribution < -0.4 is 5.43 Å². The van der Waals surface area contributed by atoms with Crippen LogP contribution in [-0.4, -0.2) is 12.1 Å². The molecule has 0 saturated heterocycles. The van der Waals surface area contributed by atoms with Crippen LogP contribution in [0.3, 0.4) is 0 Å². The normalized spacial score (nSPS) is 10.9. The second-order valence-electron chi connectivity index (χ2n) is 4.62. The number of furan rings is 1. The Kier molecular flexibility index (Phi) is 4.35. The van der Waals surface area contributed by atoms with Gasteiger partial charge in [0.25, 0.3) is 5.91 Å². The molecule has 1 amide bonds. The molecule has 0 radical (unpaired) electrons. The van der Waals surface area contributed by atoms with Crippen molar-refractivity contribution in [3.05, 3.63) is 58.5 Å². The lowest BCUT2D eigenvalue weighted by Crippen LogP contribution is -2.17. The highest BCUT2D eigenvalue weighted by atomic mass is 16.3. The van der Waals surface area contributed by atoms with E-state index in [1.165, 1.54) is 5.56 Å². The summed E-state index contributed by atoms with van der Waals surface area (Å²) in [5.41, 5.74) is 5.24. The van der Waals surface area contributed by atoms with Gasteiger partial charge in [0.2, 0.25) is 0 Å². The number of aryl methyl sites for hydroxylation is 3. The van der Waals surface area contributed by atoms with E-state index in [4.69, 9.17) is 4.42 Å². The number of carbonyl (C=O) groups is 1. The summed E-state index contributed by atoms with van der Waals surface area (Å²) in [4.78, 5) is 11.9. The number of rotatable bonds is 4. The maximum atomic E-state index is 11.9. The van der Waals surface area contributed by atoms with Crippen LogP contribution in [0.15, 0.2) is 39.9 Å². The molecule has 0 atom stereocenters. The number of amides is 1. The smallest absolute Gasteiger partial charge is 0.274 e. The van der Waals surface area contributed by atoms with Gasteiger partial charge in [0.1, 0.15) is 11.5 Å². The molecule has 1 aromatic heterocycles. The number of hydrazone groups is 1. The molecule has 1 N–H and O–H groups in total. The maximum Gasteiger partial charge on any atom is 0.274 e. The van der Waals surface area contributed by atoms with Crippen LogP contribution in [0.1, 0.15) is 39.9 Å². The molecule has 0 aliphatic rings. The standard InChI is InChI=1S/C16H18N2O2/c1-4-13-5-7-14(8-6-13)10-17-18-16(19)15-9-11(2)20-12(15)3/h5-10H,4H2,1-3H3,(H,18,19)/b17-10-. The van der Waals surface area contributed by atoms with E-state index < -0.39 is 0 Å². The Morgan fingerprint density at radius 3 is 2.55 bits per heavy atom. The summed E-state index contributed by atoms with van der Waals surface area (Å²) >= 11 is 0.